The van der Waals surface area contributed by atoms with Crippen LogP contribution in [0.2, 0.25) is 0 Å². The molecule has 5 nitrogen and oxygen atoms in total. The zero-order chi connectivity index (χ0) is 17.6. The van der Waals surface area contributed by atoms with Crippen molar-refractivity contribution in [3.63, 3.8) is 0 Å². The van der Waals surface area contributed by atoms with Crippen molar-refractivity contribution in [2.75, 3.05) is 7.11 Å². The van der Waals surface area contributed by atoms with Crippen LogP contribution in [0.25, 0.3) is 0 Å². The maximum Gasteiger partial charge on any atom is 0.169 e. The highest BCUT2D eigenvalue weighted by Crippen LogP contribution is 2.30. The zero-order valence-electron chi connectivity index (χ0n) is 14.8. The highest BCUT2D eigenvalue weighted by Gasteiger charge is 2.07. The molecule has 1 heterocycles. The highest BCUT2D eigenvalue weighted by molar-refractivity contribution is 5.43. The van der Waals surface area contributed by atoms with Crippen molar-refractivity contribution < 1.29 is 9.47 Å². The Kier molecular flexibility index (Phi) is 5.36. The standard InChI is InChI=1S/C20H23N3O2/c1-15(17-13-22-23(2)14-17)21-12-16-8-10-18(11-9-16)25-20-7-5-4-6-19(20)24-3/h4-11,13-15,21H,12H2,1-3H3. The summed E-state index contributed by atoms with van der Waals surface area (Å²) in [7, 11) is 3.57. The van der Waals surface area contributed by atoms with Gasteiger partial charge in [-0.15, -0.1) is 0 Å². The van der Waals surface area contributed by atoms with Crippen molar-refractivity contribution in [2.45, 2.75) is 19.5 Å². The lowest BCUT2D eigenvalue weighted by molar-refractivity contribution is 0.379. The summed E-state index contributed by atoms with van der Waals surface area (Å²) in [5.41, 5.74) is 2.38. The minimum absolute atomic E-state index is 0.248. The number of benzene rings is 2. The second-order valence-corrected chi connectivity index (χ2v) is 5.95. The van der Waals surface area contributed by atoms with Crippen LogP contribution in [0.5, 0.6) is 17.2 Å². The molecule has 0 bridgehead atoms. The molecule has 130 valence electrons. The number of nitrogens with one attached hydrogen (secondary N) is 1. The van der Waals surface area contributed by atoms with E-state index in [1.165, 1.54) is 11.1 Å². The van der Waals surface area contributed by atoms with E-state index in [2.05, 4.69) is 29.5 Å². The van der Waals surface area contributed by atoms with Crippen molar-refractivity contribution in [3.8, 4) is 17.2 Å². The molecule has 1 N–H and O–H groups in total. The third-order valence-electron chi connectivity index (χ3n) is 4.06. The predicted octanol–water partition coefficient (Wildman–Crippen LogP) is 4.07. The monoisotopic (exact) mass is 337 g/mol. The molecule has 1 unspecified atom stereocenters. The molecular formula is C20H23N3O2. The SMILES string of the molecule is COc1ccccc1Oc1ccc(CNC(C)c2cnn(C)c2)cc1. The van der Waals surface area contributed by atoms with E-state index in [9.17, 15) is 0 Å². The van der Waals surface area contributed by atoms with Crippen LogP contribution < -0.4 is 14.8 Å². The van der Waals surface area contributed by atoms with Crippen LogP contribution in [0.1, 0.15) is 24.1 Å². The molecule has 2 aromatic carbocycles. The molecule has 3 aromatic rings. The van der Waals surface area contributed by atoms with Gasteiger partial charge in [0.05, 0.1) is 13.3 Å². The van der Waals surface area contributed by atoms with Gasteiger partial charge in [-0.1, -0.05) is 24.3 Å². The van der Waals surface area contributed by atoms with E-state index in [1.807, 2.05) is 60.5 Å². The predicted molar refractivity (Wildman–Crippen MR) is 98.0 cm³/mol. The van der Waals surface area contributed by atoms with Crippen LogP contribution in [0.15, 0.2) is 60.9 Å². The summed E-state index contributed by atoms with van der Waals surface area (Å²) >= 11 is 0. The number of aryl methyl sites for hydroxylation is 1. The summed E-state index contributed by atoms with van der Waals surface area (Å²) < 4.78 is 13.0. The van der Waals surface area contributed by atoms with Crippen molar-refractivity contribution in [2.24, 2.45) is 7.05 Å². The molecule has 0 saturated heterocycles. The average molecular weight is 337 g/mol. The fourth-order valence-electron chi connectivity index (χ4n) is 2.56. The van der Waals surface area contributed by atoms with Gasteiger partial charge in [0.15, 0.2) is 11.5 Å². The molecule has 0 fully saturated rings. The first-order chi connectivity index (χ1) is 12.2. The molecule has 1 atom stereocenters. The van der Waals surface area contributed by atoms with E-state index in [1.54, 1.807) is 7.11 Å². The van der Waals surface area contributed by atoms with Crippen molar-refractivity contribution in [1.82, 2.24) is 15.1 Å². The molecule has 25 heavy (non-hydrogen) atoms. The maximum absolute atomic E-state index is 5.90. The average Bonchev–Trinajstić information content (AvgIpc) is 3.08. The van der Waals surface area contributed by atoms with E-state index in [0.717, 1.165) is 18.0 Å². The van der Waals surface area contributed by atoms with Gasteiger partial charge >= 0.3 is 0 Å². The number of para-hydroxylation sites is 2. The minimum Gasteiger partial charge on any atom is -0.493 e. The smallest absolute Gasteiger partial charge is 0.169 e. The van der Waals surface area contributed by atoms with Gasteiger partial charge in [-0.2, -0.15) is 5.10 Å². The second-order valence-electron chi connectivity index (χ2n) is 5.95. The number of nitrogens with zero attached hydrogens (tertiary/aromatic N) is 2. The number of ether oxygens (including phenoxy) is 2. The molecule has 5 heteroatoms. The van der Waals surface area contributed by atoms with Crippen molar-refractivity contribution in [1.29, 1.82) is 0 Å². The van der Waals surface area contributed by atoms with Crippen LogP contribution in [0.4, 0.5) is 0 Å². The third-order valence-corrected chi connectivity index (χ3v) is 4.06. The van der Waals surface area contributed by atoms with Gasteiger partial charge in [0, 0.05) is 31.4 Å². The van der Waals surface area contributed by atoms with E-state index in [0.29, 0.717) is 5.75 Å². The highest BCUT2D eigenvalue weighted by atomic mass is 16.5. The molecule has 3 rings (SSSR count). The first kappa shape index (κ1) is 17.0. The lowest BCUT2D eigenvalue weighted by Crippen LogP contribution is -2.17. The van der Waals surface area contributed by atoms with Crippen molar-refractivity contribution >= 4 is 0 Å². The first-order valence-electron chi connectivity index (χ1n) is 8.27. The molecule has 0 saturated carbocycles. The Morgan fingerprint density at radius 1 is 1.08 bits per heavy atom. The Labute approximate surface area is 148 Å². The number of aromatic nitrogens is 2. The van der Waals surface area contributed by atoms with Gasteiger partial charge < -0.3 is 14.8 Å². The van der Waals surface area contributed by atoms with Gasteiger partial charge in [0.25, 0.3) is 0 Å². The van der Waals surface area contributed by atoms with E-state index < -0.39 is 0 Å². The van der Waals surface area contributed by atoms with Gasteiger partial charge in [-0.05, 0) is 36.8 Å². The topological polar surface area (TPSA) is 48.3 Å². The normalized spacial score (nSPS) is 12.0. The second kappa shape index (κ2) is 7.85. The lowest BCUT2D eigenvalue weighted by atomic mass is 10.1. The van der Waals surface area contributed by atoms with E-state index >= 15 is 0 Å². The number of hydrogen-bond donors (Lipinski definition) is 1. The Hall–Kier alpha value is -2.79. The van der Waals surface area contributed by atoms with Crippen LogP contribution in [-0.2, 0) is 13.6 Å². The molecule has 0 radical (unpaired) electrons. The lowest BCUT2D eigenvalue weighted by Gasteiger charge is -2.13. The molecule has 0 amide bonds. The summed E-state index contributed by atoms with van der Waals surface area (Å²) in [6.45, 7) is 2.92. The Balaban J connectivity index is 1.58. The van der Waals surface area contributed by atoms with Crippen LogP contribution in [-0.4, -0.2) is 16.9 Å². The molecular weight excluding hydrogens is 314 g/mol. The summed E-state index contributed by atoms with van der Waals surface area (Å²) in [5.74, 6) is 2.22. The zero-order valence-corrected chi connectivity index (χ0v) is 14.8. The summed E-state index contributed by atoms with van der Waals surface area (Å²) in [6, 6.07) is 15.9. The number of rotatable bonds is 7. The third kappa shape index (κ3) is 4.39. The van der Waals surface area contributed by atoms with E-state index in [4.69, 9.17) is 9.47 Å². The molecule has 0 aliphatic carbocycles. The Morgan fingerprint density at radius 3 is 2.44 bits per heavy atom. The summed E-state index contributed by atoms with van der Waals surface area (Å²) in [6.07, 6.45) is 3.92. The molecule has 0 spiro atoms. The fourth-order valence-corrected chi connectivity index (χ4v) is 2.56. The van der Waals surface area contributed by atoms with Gasteiger partial charge in [-0.3, -0.25) is 4.68 Å². The summed E-state index contributed by atoms with van der Waals surface area (Å²) in [5, 5.41) is 7.71. The molecule has 0 aliphatic heterocycles. The number of methoxy groups -OCH3 is 1. The summed E-state index contributed by atoms with van der Waals surface area (Å²) in [4.78, 5) is 0. The maximum atomic E-state index is 5.90. The Morgan fingerprint density at radius 2 is 1.80 bits per heavy atom. The van der Waals surface area contributed by atoms with E-state index in [-0.39, 0.29) is 6.04 Å². The van der Waals surface area contributed by atoms with Crippen LogP contribution in [0.3, 0.4) is 0 Å². The van der Waals surface area contributed by atoms with Gasteiger partial charge in [-0.25, -0.2) is 0 Å². The van der Waals surface area contributed by atoms with Crippen LogP contribution >= 0.6 is 0 Å². The quantitative estimate of drug-likeness (QED) is 0.706. The largest absolute Gasteiger partial charge is 0.493 e. The van der Waals surface area contributed by atoms with Crippen LogP contribution in [0, 0.1) is 0 Å². The minimum atomic E-state index is 0.248. The van der Waals surface area contributed by atoms with Crippen molar-refractivity contribution in [3.05, 3.63) is 72.1 Å². The molecule has 0 aliphatic rings. The Bertz CT molecular complexity index is 812. The fraction of sp³-hybridized carbons (Fsp3) is 0.250. The number of hydrogen-bond acceptors (Lipinski definition) is 4. The molecule has 1 aromatic heterocycles. The van der Waals surface area contributed by atoms with Gasteiger partial charge in [0.2, 0.25) is 0 Å². The van der Waals surface area contributed by atoms with Gasteiger partial charge in [0.1, 0.15) is 5.75 Å². The first-order valence-corrected chi connectivity index (χ1v) is 8.27.